The molecule has 3 nitrogen and oxygen atoms in total. The summed E-state index contributed by atoms with van der Waals surface area (Å²) >= 11 is 0. The van der Waals surface area contributed by atoms with Crippen LogP contribution in [0.25, 0.3) is 0 Å². The van der Waals surface area contributed by atoms with Gasteiger partial charge in [-0.3, -0.25) is 5.41 Å². The van der Waals surface area contributed by atoms with Crippen LogP contribution in [0.5, 0.6) is 0 Å². The standard InChI is InChI=1S/C12H22FN3/c1-8(2)11(9(3)12(14)16-13)15-10-6-4-5-7-10/h8,10,15H,4-7H2,1-3H3,(H2,14,16)/b11-9-. The van der Waals surface area contributed by atoms with E-state index in [9.17, 15) is 4.48 Å². The molecule has 0 spiro atoms. The van der Waals surface area contributed by atoms with Gasteiger partial charge in [0.15, 0.2) is 5.84 Å². The summed E-state index contributed by atoms with van der Waals surface area (Å²) in [5.74, 6) is 0.142. The van der Waals surface area contributed by atoms with Gasteiger partial charge >= 0.3 is 0 Å². The zero-order valence-corrected chi connectivity index (χ0v) is 10.4. The molecular formula is C12H22FN3. The van der Waals surface area contributed by atoms with Crippen LogP contribution in [0.3, 0.4) is 0 Å². The largest absolute Gasteiger partial charge is 0.385 e. The Morgan fingerprint density at radius 2 is 1.88 bits per heavy atom. The molecule has 92 valence electrons. The number of rotatable bonds is 4. The lowest BCUT2D eigenvalue weighted by atomic mass is 10.0. The Balaban J connectivity index is 2.76. The predicted molar refractivity (Wildman–Crippen MR) is 64.9 cm³/mol. The Kier molecular flexibility index (Phi) is 4.77. The van der Waals surface area contributed by atoms with E-state index in [1.807, 2.05) is 0 Å². The normalized spacial score (nSPS) is 18.6. The third kappa shape index (κ3) is 3.22. The van der Waals surface area contributed by atoms with E-state index >= 15 is 0 Å². The molecule has 1 rings (SSSR count). The van der Waals surface area contributed by atoms with Crippen molar-refractivity contribution in [3.8, 4) is 0 Å². The van der Waals surface area contributed by atoms with Crippen molar-refractivity contribution in [3.05, 3.63) is 11.3 Å². The highest BCUT2D eigenvalue weighted by atomic mass is 19.2. The SMILES string of the molecule is C/C(C(=N)NF)=C(/NC1CCCC1)C(C)C. The van der Waals surface area contributed by atoms with E-state index < -0.39 is 0 Å². The highest BCUT2D eigenvalue weighted by Crippen LogP contribution is 2.22. The monoisotopic (exact) mass is 227 g/mol. The lowest BCUT2D eigenvalue weighted by molar-refractivity contribution is 0.430. The zero-order chi connectivity index (χ0) is 12.1. The van der Waals surface area contributed by atoms with E-state index in [2.05, 4.69) is 19.2 Å². The number of hydrogen-bond acceptors (Lipinski definition) is 2. The molecule has 1 saturated carbocycles. The summed E-state index contributed by atoms with van der Waals surface area (Å²) in [6, 6.07) is 0.500. The molecule has 0 unspecified atom stereocenters. The topological polar surface area (TPSA) is 47.9 Å². The van der Waals surface area contributed by atoms with Gasteiger partial charge in [0.05, 0.1) is 0 Å². The van der Waals surface area contributed by atoms with Gasteiger partial charge in [0.1, 0.15) is 0 Å². The van der Waals surface area contributed by atoms with Gasteiger partial charge in [-0.15, -0.1) is 4.48 Å². The van der Waals surface area contributed by atoms with Crippen LogP contribution < -0.4 is 10.9 Å². The van der Waals surface area contributed by atoms with Crippen molar-refractivity contribution in [2.45, 2.75) is 52.5 Å². The van der Waals surface area contributed by atoms with E-state index in [0.717, 1.165) is 5.70 Å². The summed E-state index contributed by atoms with van der Waals surface area (Å²) in [5, 5.41) is 10.9. The van der Waals surface area contributed by atoms with E-state index in [1.54, 1.807) is 6.92 Å². The van der Waals surface area contributed by atoms with Crippen LogP contribution in [0, 0.1) is 11.3 Å². The van der Waals surface area contributed by atoms with Crippen molar-refractivity contribution in [1.29, 1.82) is 5.41 Å². The lowest BCUT2D eigenvalue weighted by Crippen LogP contribution is -2.31. The second kappa shape index (κ2) is 5.87. The summed E-state index contributed by atoms with van der Waals surface area (Å²) in [6.07, 6.45) is 4.89. The molecule has 0 aromatic carbocycles. The maximum absolute atomic E-state index is 12.2. The molecule has 0 heterocycles. The summed E-state index contributed by atoms with van der Waals surface area (Å²) < 4.78 is 12.2. The zero-order valence-electron chi connectivity index (χ0n) is 10.4. The first-order chi connectivity index (χ1) is 7.56. The Bertz CT molecular complexity index is 278. The number of allylic oxidation sites excluding steroid dienone is 1. The predicted octanol–water partition coefficient (Wildman–Crippen LogP) is 2.90. The lowest BCUT2D eigenvalue weighted by Gasteiger charge is -2.22. The van der Waals surface area contributed by atoms with Crippen molar-refractivity contribution in [1.82, 2.24) is 10.9 Å². The molecule has 1 aliphatic rings. The van der Waals surface area contributed by atoms with Gasteiger partial charge in [-0.1, -0.05) is 26.7 Å². The van der Waals surface area contributed by atoms with Gasteiger partial charge in [0.2, 0.25) is 0 Å². The summed E-state index contributed by atoms with van der Waals surface area (Å²) in [7, 11) is 0. The fraction of sp³-hybridized carbons (Fsp3) is 0.750. The van der Waals surface area contributed by atoms with E-state index in [0.29, 0.717) is 11.6 Å². The molecule has 0 atom stereocenters. The minimum atomic E-state index is -0.144. The smallest absolute Gasteiger partial charge is 0.151 e. The molecular weight excluding hydrogens is 205 g/mol. The minimum Gasteiger partial charge on any atom is -0.385 e. The third-order valence-corrected chi connectivity index (χ3v) is 3.17. The Hall–Kier alpha value is -1.06. The first kappa shape index (κ1) is 13.0. The Morgan fingerprint density at radius 1 is 1.31 bits per heavy atom. The number of nitrogens with one attached hydrogen (secondary N) is 3. The van der Waals surface area contributed by atoms with Gasteiger partial charge in [-0.2, -0.15) is 0 Å². The van der Waals surface area contributed by atoms with Crippen LogP contribution in [-0.2, 0) is 0 Å². The first-order valence-corrected chi connectivity index (χ1v) is 5.99. The van der Waals surface area contributed by atoms with Crippen molar-refractivity contribution in [2.75, 3.05) is 0 Å². The molecule has 0 aliphatic heterocycles. The van der Waals surface area contributed by atoms with Gasteiger partial charge in [0, 0.05) is 17.3 Å². The highest BCUT2D eigenvalue weighted by molar-refractivity contribution is 5.95. The van der Waals surface area contributed by atoms with Crippen molar-refractivity contribution < 1.29 is 4.48 Å². The quantitative estimate of drug-likeness (QED) is 0.393. The van der Waals surface area contributed by atoms with Crippen LogP contribution in [0.4, 0.5) is 4.48 Å². The molecule has 1 aliphatic carbocycles. The molecule has 0 saturated heterocycles. The van der Waals surface area contributed by atoms with E-state index in [4.69, 9.17) is 5.41 Å². The highest BCUT2D eigenvalue weighted by Gasteiger charge is 2.19. The molecule has 4 heteroatoms. The average molecular weight is 227 g/mol. The molecule has 0 aromatic heterocycles. The Morgan fingerprint density at radius 3 is 2.31 bits per heavy atom. The van der Waals surface area contributed by atoms with Gasteiger partial charge in [0.25, 0.3) is 0 Å². The molecule has 1 fully saturated rings. The average Bonchev–Trinajstić information content (AvgIpc) is 2.76. The molecule has 0 radical (unpaired) electrons. The Labute approximate surface area is 96.9 Å². The molecule has 3 N–H and O–H groups in total. The van der Waals surface area contributed by atoms with E-state index in [1.165, 1.54) is 31.2 Å². The molecule has 0 bridgehead atoms. The summed E-state index contributed by atoms with van der Waals surface area (Å²) in [6.45, 7) is 5.91. The third-order valence-electron chi connectivity index (χ3n) is 3.17. The summed E-state index contributed by atoms with van der Waals surface area (Å²) in [4.78, 5) is 0. The van der Waals surface area contributed by atoms with Crippen molar-refractivity contribution >= 4 is 5.84 Å². The van der Waals surface area contributed by atoms with Gasteiger partial charge in [-0.05, 0) is 25.7 Å². The van der Waals surface area contributed by atoms with Crippen LogP contribution in [-0.4, -0.2) is 11.9 Å². The maximum Gasteiger partial charge on any atom is 0.151 e. The van der Waals surface area contributed by atoms with Gasteiger partial charge < -0.3 is 5.32 Å². The van der Waals surface area contributed by atoms with Gasteiger partial charge in [-0.25, -0.2) is 5.54 Å². The van der Waals surface area contributed by atoms with Crippen LogP contribution in [0.2, 0.25) is 0 Å². The number of halogens is 1. The van der Waals surface area contributed by atoms with Crippen molar-refractivity contribution in [2.24, 2.45) is 5.92 Å². The van der Waals surface area contributed by atoms with Crippen LogP contribution >= 0.6 is 0 Å². The fourth-order valence-corrected chi connectivity index (χ4v) is 2.20. The van der Waals surface area contributed by atoms with Crippen LogP contribution in [0.15, 0.2) is 11.3 Å². The molecule has 0 amide bonds. The van der Waals surface area contributed by atoms with E-state index in [-0.39, 0.29) is 11.8 Å². The summed E-state index contributed by atoms with van der Waals surface area (Å²) in [5.41, 5.74) is 3.07. The van der Waals surface area contributed by atoms with Crippen LogP contribution in [0.1, 0.15) is 46.5 Å². The number of amidine groups is 1. The van der Waals surface area contributed by atoms with Crippen molar-refractivity contribution in [3.63, 3.8) is 0 Å². The second-order valence-corrected chi connectivity index (χ2v) is 4.79. The maximum atomic E-state index is 12.2. The first-order valence-electron chi connectivity index (χ1n) is 5.99. The fourth-order valence-electron chi connectivity index (χ4n) is 2.20. The molecule has 0 aromatic rings. The minimum absolute atomic E-state index is 0.144. The number of hydrogen-bond donors (Lipinski definition) is 3. The molecule has 16 heavy (non-hydrogen) atoms. The second-order valence-electron chi connectivity index (χ2n) is 4.79.